The molecule has 2 unspecified atom stereocenters. The van der Waals surface area contributed by atoms with E-state index in [0.717, 1.165) is 22.4 Å². The van der Waals surface area contributed by atoms with Gasteiger partial charge >= 0.3 is 21.7 Å². The summed E-state index contributed by atoms with van der Waals surface area (Å²) in [6, 6.07) is 6.87. The van der Waals surface area contributed by atoms with Crippen molar-refractivity contribution in [2.24, 2.45) is 5.41 Å². The second-order valence-corrected chi connectivity index (χ2v) is 9.81. The van der Waals surface area contributed by atoms with E-state index in [1.165, 1.54) is 33.0 Å². The van der Waals surface area contributed by atoms with Crippen molar-refractivity contribution in [1.29, 1.82) is 0 Å². The number of benzene rings is 1. The summed E-state index contributed by atoms with van der Waals surface area (Å²) in [5.74, 6) is 0. The van der Waals surface area contributed by atoms with Gasteiger partial charge in [0.2, 0.25) is 0 Å². The first-order chi connectivity index (χ1) is 11.7. The Bertz CT molecular complexity index is 825. The van der Waals surface area contributed by atoms with Crippen molar-refractivity contribution in [3.8, 4) is 0 Å². The van der Waals surface area contributed by atoms with Gasteiger partial charge in [-0.25, -0.2) is 5.57 Å². The van der Waals surface area contributed by atoms with Crippen molar-refractivity contribution in [2.45, 2.75) is 59.4 Å². The molecule has 0 bridgehead atoms. The van der Waals surface area contributed by atoms with Gasteiger partial charge in [-0.15, -0.1) is 6.92 Å². The molecule has 0 saturated carbocycles. The van der Waals surface area contributed by atoms with Crippen molar-refractivity contribution in [3.63, 3.8) is 0 Å². The molecule has 1 aromatic carbocycles. The first-order valence-electron chi connectivity index (χ1n) is 9.25. The van der Waals surface area contributed by atoms with Crippen LogP contribution in [0.3, 0.4) is 0 Å². The van der Waals surface area contributed by atoms with Crippen LogP contribution in [0.1, 0.15) is 51.7 Å². The molecule has 0 spiro atoms. The van der Waals surface area contributed by atoms with Gasteiger partial charge < -0.3 is 37.2 Å². The predicted octanol–water partition coefficient (Wildman–Crippen LogP) is -3.19. The van der Waals surface area contributed by atoms with E-state index in [4.69, 9.17) is 0 Å². The maximum atomic E-state index is 3.93. The van der Waals surface area contributed by atoms with Gasteiger partial charge in [-0.05, 0) is 25.7 Å². The van der Waals surface area contributed by atoms with E-state index in [0.29, 0.717) is 0 Å². The van der Waals surface area contributed by atoms with Crippen LogP contribution in [0, 0.1) is 25.3 Å². The third-order valence-electron chi connectivity index (χ3n) is 5.91. The molecule has 0 fully saturated rings. The molecule has 0 amide bonds. The van der Waals surface area contributed by atoms with Gasteiger partial charge in [0.25, 0.3) is 0 Å². The molecule has 2 aliphatic rings. The van der Waals surface area contributed by atoms with Crippen LogP contribution >= 0.6 is 0 Å². The van der Waals surface area contributed by atoms with Crippen LogP contribution in [-0.2, 0) is 21.7 Å². The molecule has 0 nitrogen and oxygen atoms in total. The van der Waals surface area contributed by atoms with Crippen molar-refractivity contribution >= 4 is 14.7 Å². The summed E-state index contributed by atoms with van der Waals surface area (Å²) in [6.07, 6.45) is 15.3. The van der Waals surface area contributed by atoms with E-state index in [1.54, 1.807) is 0 Å². The Labute approximate surface area is 213 Å². The number of hydrogen-bond acceptors (Lipinski definition) is 0. The Morgan fingerprint density at radius 3 is 2.17 bits per heavy atom. The van der Waals surface area contributed by atoms with Gasteiger partial charge in [-0.3, -0.25) is 6.08 Å². The second kappa shape index (κ2) is 12.1. The zero-order valence-corrected chi connectivity index (χ0v) is 22.9. The fourth-order valence-corrected chi connectivity index (χ4v) is 6.22. The summed E-state index contributed by atoms with van der Waals surface area (Å²) in [5, 5.41) is 1.53. The van der Waals surface area contributed by atoms with E-state index >= 15 is 0 Å². The largest absolute Gasteiger partial charge is 4.00 e. The number of hydrogen-bond donors (Lipinski definition) is 0. The van der Waals surface area contributed by atoms with Gasteiger partial charge in [0.1, 0.15) is 0 Å². The number of allylic oxidation sites excluding steroid dienone is 8. The smallest absolute Gasteiger partial charge is 1.00 e. The molecule has 2 atom stereocenters. The van der Waals surface area contributed by atoms with Crippen LogP contribution < -0.4 is 42.4 Å². The second-order valence-electron chi connectivity index (χ2n) is 8.17. The molecule has 2 aliphatic carbocycles. The third kappa shape index (κ3) is 6.73. The predicted molar refractivity (Wildman–Crippen MR) is 110 cm³/mol. The number of halogens is 3. The average molecular weight is 500 g/mol. The molecule has 1 aromatic rings. The van der Waals surface area contributed by atoms with Crippen molar-refractivity contribution in [1.82, 2.24) is 0 Å². The molecule has 0 N–H and O–H groups in total. The van der Waals surface area contributed by atoms with Crippen molar-refractivity contribution < 1.29 is 58.9 Å². The van der Waals surface area contributed by atoms with E-state index in [1.807, 2.05) is 0 Å². The van der Waals surface area contributed by atoms with Gasteiger partial charge in [-0.2, -0.15) is 11.1 Å². The topological polar surface area (TPSA) is 0 Å². The van der Waals surface area contributed by atoms with Gasteiger partial charge in [0.15, 0.2) is 0 Å². The summed E-state index contributed by atoms with van der Waals surface area (Å²) in [4.78, 5) is 0. The Morgan fingerprint density at radius 1 is 1.00 bits per heavy atom. The van der Waals surface area contributed by atoms with E-state index in [9.17, 15) is 0 Å². The summed E-state index contributed by atoms with van der Waals surface area (Å²) in [6.45, 7) is 13.7. The fourth-order valence-electron chi connectivity index (χ4n) is 4.06. The zero-order chi connectivity index (χ0) is 18.2. The summed E-state index contributed by atoms with van der Waals surface area (Å²) < 4.78 is 0. The van der Waals surface area contributed by atoms with Gasteiger partial charge in [-0.1, -0.05) is 91.0 Å². The summed E-state index contributed by atoms with van der Waals surface area (Å²) in [5.41, 5.74) is 7.27. The van der Waals surface area contributed by atoms with Crippen molar-refractivity contribution in [3.05, 3.63) is 76.4 Å². The molecule has 0 aromatic heterocycles. The molecule has 0 saturated heterocycles. The first-order valence-corrected chi connectivity index (χ1v) is 10.2. The maximum absolute atomic E-state index is 3.93. The minimum absolute atomic E-state index is 0. The molecular weight excluding hydrogens is 471 g/mol. The van der Waals surface area contributed by atoms with Crippen LogP contribution in [0.5, 0.6) is 0 Å². The fraction of sp³-hybridized carbons (Fsp3) is 0.417. The van der Waals surface area contributed by atoms with Crippen LogP contribution in [0.25, 0.3) is 0 Å². The molecule has 0 aliphatic heterocycles. The van der Waals surface area contributed by atoms with E-state index < -0.39 is 0 Å². The molecule has 29 heavy (non-hydrogen) atoms. The molecule has 2 radical (unpaired) electrons. The van der Waals surface area contributed by atoms with Crippen LogP contribution in [0.15, 0.2) is 59.2 Å². The Hall–Kier alpha value is -0.0188. The first kappa shape index (κ1) is 31.2. The van der Waals surface area contributed by atoms with Crippen molar-refractivity contribution in [2.75, 3.05) is 0 Å². The standard InChI is InChI=1S/C24H29Si.3ClH.Ti/c1-17-10-11-18(2)22(14-17)25-24(15-19(3)20(4)21(24)5)16-23(6)12-8-7-9-13-23;;;;/h7-12,14H,13,16H2,1-6H3;3*1H;/q-1;;;;+4/p-3. The molecular formula is C24H29Cl3SiTi. The number of rotatable bonds is 4. The minimum atomic E-state index is 0. The molecule has 154 valence electrons. The average Bonchev–Trinajstić information content (AvgIpc) is 2.75. The Morgan fingerprint density at radius 2 is 1.66 bits per heavy atom. The Balaban J connectivity index is 0. The SMILES string of the molecule is CC1=[C-]C(CC2(C)C=CC=CC2)([Si]c2cc(C)ccc2C)C(C)=C1C.[Cl-].[Cl-].[Cl-].[Ti+4]. The summed E-state index contributed by atoms with van der Waals surface area (Å²) >= 11 is 0. The Kier molecular flexibility index (Phi) is 13.0. The van der Waals surface area contributed by atoms with Crippen LogP contribution in [0.2, 0.25) is 5.04 Å². The minimum Gasteiger partial charge on any atom is -1.00 e. The van der Waals surface area contributed by atoms with Gasteiger partial charge in [0.05, 0.1) is 9.52 Å². The third-order valence-corrected chi connectivity index (χ3v) is 7.82. The van der Waals surface area contributed by atoms with Crippen LogP contribution in [-0.4, -0.2) is 9.52 Å². The zero-order valence-electron chi connectivity index (χ0n) is 18.1. The van der Waals surface area contributed by atoms with Crippen LogP contribution in [0.4, 0.5) is 0 Å². The monoisotopic (exact) mass is 498 g/mol. The normalized spacial score (nSPS) is 24.7. The van der Waals surface area contributed by atoms with E-state index in [2.05, 4.69) is 90.1 Å². The van der Waals surface area contributed by atoms with E-state index in [-0.39, 0.29) is 69.4 Å². The summed E-state index contributed by atoms with van der Waals surface area (Å²) in [7, 11) is 0.733. The molecule has 5 heteroatoms. The maximum Gasteiger partial charge on any atom is 4.00 e. The van der Waals surface area contributed by atoms with Gasteiger partial charge in [0, 0.05) is 0 Å². The molecule has 3 rings (SSSR count). The number of aryl methyl sites for hydroxylation is 2. The quantitative estimate of drug-likeness (QED) is 0.303. The molecule has 0 heterocycles.